The smallest absolute Gasteiger partial charge is 0.289 e. The van der Waals surface area contributed by atoms with E-state index in [1.54, 1.807) is 16.2 Å². The van der Waals surface area contributed by atoms with Gasteiger partial charge in [-0.15, -0.1) is 0 Å². The lowest BCUT2D eigenvalue weighted by Crippen LogP contribution is -2.43. The van der Waals surface area contributed by atoms with Gasteiger partial charge < -0.3 is 36.2 Å². The summed E-state index contributed by atoms with van der Waals surface area (Å²) in [4.78, 5) is 39.5. The second kappa shape index (κ2) is 16.2. The molecule has 1 unspecified atom stereocenters. The molecule has 49 heavy (non-hydrogen) atoms. The lowest BCUT2D eigenvalue weighted by molar-refractivity contribution is -0.135. The quantitative estimate of drug-likeness (QED) is 0.0626. The Kier molecular flexibility index (Phi) is 11.3. The number of likely N-dealkylation sites (N-methyl/N-ethyl adjacent to an activating group) is 1. The molecule has 0 saturated carbocycles. The van der Waals surface area contributed by atoms with Gasteiger partial charge in [0.25, 0.3) is 11.8 Å². The Morgan fingerprint density at radius 1 is 0.898 bits per heavy atom. The van der Waals surface area contributed by atoms with E-state index >= 15 is 0 Å². The topological polar surface area (TPSA) is 186 Å². The molecule has 4 heterocycles. The summed E-state index contributed by atoms with van der Waals surface area (Å²) < 4.78 is 12.3. The van der Waals surface area contributed by atoms with Crippen molar-refractivity contribution in [2.75, 3.05) is 39.9 Å². The fourth-order valence-corrected chi connectivity index (χ4v) is 7.70. The highest BCUT2D eigenvalue weighted by atomic mass is 127. The highest BCUT2D eigenvalue weighted by Gasteiger charge is 2.50. The first kappa shape index (κ1) is 34.3. The molecule has 2 amide bonds. The van der Waals surface area contributed by atoms with E-state index < -0.39 is 57.7 Å². The molecule has 0 bridgehead atoms. The molecule has 2 aliphatic heterocycles. The third kappa shape index (κ3) is 8.01. The number of carbonyl (C=O) groups is 2. The van der Waals surface area contributed by atoms with E-state index in [-0.39, 0.29) is 17.6 Å². The Morgan fingerprint density at radius 3 is 2.29 bits per heavy atom. The minimum absolute atomic E-state index is 0.0444. The summed E-state index contributed by atoms with van der Waals surface area (Å²) in [5.41, 5.74) is 2.63. The standard InChI is InChI=1S/C34H38IN9O5/c1-2-36-32(47)28-26(45)27(46)34(49-28)44-31-25(43-35-44)29(40-20-23(21-12-5-3-6-13-21)22-14-7-4-8-15-22)41-30(42-31)33(48)39-19-11-18-38-24-16-9-10-17-37-24/h3-10,12-17,23,26-28,34,45-46H,2,11,18-20H2,1H3,(H,36,47)(H,37,38)(H,39,48)(H,40,41,42)/t26-,27+,28-,34?/m0/s1. The van der Waals surface area contributed by atoms with Crippen molar-refractivity contribution in [2.45, 2.75) is 43.8 Å². The summed E-state index contributed by atoms with van der Waals surface area (Å²) in [5.74, 6) is 0.256. The Bertz CT molecular complexity index is 1710. The van der Waals surface area contributed by atoms with Crippen LogP contribution in [0.3, 0.4) is 0 Å². The molecule has 1 fully saturated rings. The van der Waals surface area contributed by atoms with E-state index in [4.69, 9.17) is 7.88 Å². The predicted molar refractivity (Wildman–Crippen MR) is 193 cm³/mol. The number of hydrogen-bond acceptors (Lipinski definition) is 12. The van der Waals surface area contributed by atoms with E-state index in [1.807, 2.05) is 54.6 Å². The maximum absolute atomic E-state index is 13.5. The minimum atomic E-state index is -1.45. The number of aromatic nitrogens is 3. The fraction of sp³-hybridized carbons (Fsp3) is 0.324. The normalized spacial score (nSPS) is 19.6. The lowest BCUT2D eigenvalue weighted by Gasteiger charge is -2.24. The molecule has 14 nitrogen and oxygen atoms in total. The maximum atomic E-state index is 13.5. The maximum Gasteiger partial charge on any atom is 0.289 e. The van der Waals surface area contributed by atoms with Gasteiger partial charge >= 0.3 is 0 Å². The summed E-state index contributed by atoms with van der Waals surface area (Å²) in [5, 5.41) is 33.9. The minimum Gasteiger partial charge on any atom is -0.387 e. The highest BCUT2D eigenvalue weighted by molar-refractivity contribution is 14.2. The number of hydrogen-bond donors (Lipinski definition) is 6. The number of carbonyl (C=O) groups excluding carboxylic acids is 2. The van der Waals surface area contributed by atoms with Gasteiger partial charge in [0.15, 0.2) is 29.7 Å². The SMILES string of the molecule is CCNC(=O)[C@H]1OC(N2I=Nc3c(NCC(c4ccccc4)c4ccccc4)nc(C(=O)NCCCNc4ccccn4)nc32)[C@H](O)[C@@H]1O. The number of anilines is 3. The molecule has 0 aliphatic carbocycles. The van der Waals surface area contributed by atoms with Crippen LogP contribution >= 0.6 is 21.3 Å². The van der Waals surface area contributed by atoms with E-state index in [0.29, 0.717) is 44.1 Å². The van der Waals surface area contributed by atoms with Crippen LogP contribution in [0, 0.1) is 0 Å². The molecule has 15 heteroatoms. The van der Waals surface area contributed by atoms with Gasteiger partial charge in [-0.25, -0.2) is 15.0 Å². The van der Waals surface area contributed by atoms with Crippen molar-refractivity contribution in [3.8, 4) is 0 Å². The Morgan fingerprint density at radius 2 is 1.61 bits per heavy atom. The molecule has 6 rings (SSSR count). The van der Waals surface area contributed by atoms with Crippen molar-refractivity contribution in [1.82, 2.24) is 25.6 Å². The van der Waals surface area contributed by atoms with Crippen LogP contribution < -0.4 is 24.4 Å². The average Bonchev–Trinajstić information content (AvgIpc) is 3.69. The first-order valence-electron chi connectivity index (χ1n) is 16.1. The Balaban J connectivity index is 1.25. The summed E-state index contributed by atoms with van der Waals surface area (Å²) in [6.07, 6.45) is -2.90. The average molecular weight is 780 g/mol. The van der Waals surface area contributed by atoms with Crippen LogP contribution in [0.5, 0.6) is 0 Å². The summed E-state index contributed by atoms with van der Waals surface area (Å²) >= 11 is -1.22. The molecule has 4 atom stereocenters. The van der Waals surface area contributed by atoms with Crippen LogP contribution in [-0.4, -0.2) is 87.7 Å². The van der Waals surface area contributed by atoms with Crippen molar-refractivity contribution >= 4 is 56.3 Å². The van der Waals surface area contributed by atoms with Crippen LogP contribution in [-0.2, 0) is 9.53 Å². The number of pyridine rings is 1. The van der Waals surface area contributed by atoms with Gasteiger partial charge in [0.1, 0.15) is 39.3 Å². The van der Waals surface area contributed by atoms with Gasteiger partial charge in [-0.3, -0.25) is 12.7 Å². The molecule has 1 saturated heterocycles. The summed E-state index contributed by atoms with van der Waals surface area (Å²) in [6.45, 7) is 3.49. The molecule has 2 aliphatic rings. The first-order valence-corrected chi connectivity index (χ1v) is 18.0. The van der Waals surface area contributed by atoms with Crippen LogP contribution in [0.15, 0.2) is 88.2 Å². The van der Waals surface area contributed by atoms with E-state index in [2.05, 4.69) is 60.5 Å². The number of fused-ring (bicyclic) bond motifs is 1. The van der Waals surface area contributed by atoms with Gasteiger partial charge in [0.2, 0.25) is 5.82 Å². The molecule has 2 aromatic heterocycles. The predicted octanol–water partition coefficient (Wildman–Crippen LogP) is 3.45. The van der Waals surface area contributed by atoms with Gasteiger partial charge in [0, 0.05) is 38.3 Å². The second-order valence-electron chi connectivity index (χ2n) is 11.4. The molecule has 4 aromatic rings. The number of nitrogens with one attached hydrogen (secondary N) is 4. The monoisotopic (exact) mass is 779 g/mol. The number of aliphatic hydroxyl groups excluding tert-OH is 2. The Labute approximate surface area is 294 Å². The zero-order chi connectivity index (χ0) is 34.2. The molecular weight excluding hydrogens is 741 g/mol. The molecule has 2 aromatic carbocycles. The van der Waals surface area contributed by atoms with Crippen molar-refractivity contribution in [3.63, 3.8) is 0 Å². The largest absolute Gasteiger partial charge is 0.387 e. The van der Waals surface area contributed by atoms with Crippen molar-refractivity contribution in [1.29, 1.82) is 0 Å². The molecule has 256 valence electrons. The van der Waals surface area contributed by atoms with Crippen LogP contribution in [0.2, 0.25) is 0 Å². The van der Waals surface area contributed by atoms with Crippen molar-refractivity contribution in [2.24, 2.45) is 3.15 Å². The van der Waals surface area contributed by atoms with Crippen LogP contribution in [0.4, 0.5) is 23.1 Å². The van der Waals surface area contributed by atoms with Gasteiger partial charge in [0.05, 0.1) is 0 Å². The zero-order valence-electron chi connectivity index (χ0n) is 26.7. The van der Waals surface area contributed by atoms with E-state index in [1.165, 1.54) is 0 Å². The third-order valence-electron chi connectivity index (χ3n) is 8.03. The number of rotatable bonds is 14. The summed E-state index contributed by atoms with van der Waals surface area (Å²) in [6, 6.07) is 25.8. The number of amides is 2. The molecular formula is C34H38IN9O5. The number of aliphatic hydroxyl groups is 2. The number of benzene rings is 2. The molecule has 0 radical (unpaired) electrons. The zero-order valence-corrected chi connectivity index (χ0v) is 28.9. The number of ether oxygens (including phenoxy) is 1. The van der Waals surface area contributed by atoms with Crippen LogP contribution in [0.1, 0.15) is 41.0 Å². The second-order valence-corrected chi connectivity index (χ2v) is 13.3. The lowest BCUT2D eigenvalue weighted by atomic mass is 9.91. The van der Waals surface area contributed by atoms with Gasteiger partial charge in [-0.05, 0) is 36.6 Å². The van der Waals surface area contributed by atoms with E-state index in [9.17, 15) is 19.8 Å². The van der Waals surface area contributed by atoms with Crippen molar-refractivity contribution in [3.05, 3.63) is 102 Å². The number of halogens is 1. The third-order valence-corrected chi connectivity index (χ3v) is 10.2. The van der Waals surface area contributed by atoms with Gasteiger partial charge in [-0.1, -0.05) is 66.7 Å². The fourth-order valence-electron chi connectivity index (χ4n) is 5.56. The Hall–Kier alpha value is -4.58. The van der Waals surface area contributed by atoms with Gasteiger partial charge in [-0.2, -0.15) is 3.15 Å². The molecule has 0 spiro atoms. The molecule has 6 N–H and O–H groups in total. The van der Waals surface area contributed by atoms with Crippen LogP contribution in [0.25, 0.3) is 0 Å². The summed E-state index contributed by atoms with van der Waals surface area (Å²) in [7, 11) is 0. The number of nitrogens with zero attached hydrogens (tertiary/aromatic N) is 5. The first-order chi connectivity index (χ1) is 23.9. The van der Waals surface area contributed by atoms with E-state index in [0.717, 1.165) is 16.9 Å². The van der Waals surface area contributed by atoms with Crippen molar-refractivity contribution < 1.29 is 24.5 Å². The highest BCUT2D eigenvalue weighted by Crippen LogP contribution is 2.48.